The van der Waals surface area contributed by atoms with E-state index in [2.05, 4.69) is 10.00 Å². The maximum Gasteiger partial charge on any atom is 0.234 e. The monoisotopic (exact) mass is 461 g/mol. The first kappa shape index (κ1) is 20.7. The molecule has 4 heterocycles. The number of nitrogens with zero attached hydrogens (tertiary/aromatic N) is 5. The Bertz CT molecular complexity index is 1260. The predicted octanol–water partition coefficient (Wildman–Crippen LogP) is 3.41. The first-order valence-corrected chi connectivity index (χ1v) is 11.4. The molecule has 0 N–H and O–H groups in total. The van der Waals surface area contributed by atoms with Gasteiger partial charge in [0.25, 0.3) is 0 Å². The molecule has 34 heavy (non-hydrogen) atoms. The molecule has 9 heteroatoms. The number of halogens is 1. The molecule has 0 spiro atoms. The number of carbonyl (C=O) groups is 1. The van der Waals surface area contributed by atoms with Gasteiger partial charge in [0.15, 0.2) is 17.3 Å². The molecule has 3 aliphatic rings. The van der Waals surface area contributed by atoms with E-state index in [1.807, 2.05) is 40.8 Å². The van der Waals surface area contributed by atoms with Crippen molar-refractivity contribution in [2.45, 2.75) is 13.0 Å². The Balaban J connectivity index is 1.29. The fourth-order valence-corrected chi connectivity index (χ4v) is 5.07. The number of para-hydroxylation sites is 1. The Morgan fingerprint density at radius 3 is 2.62 bits per heavy atom. The van der Waals surface area contributed by atoms with Gasteiger partial charge in [-0.1, -0.05) is 12.1 Å². The molecule has 1 amide bonds. The summed E-state index contributed by atoms with van der Waals surface area (Å²) in [7, 11) is 0. The summed E-state index contributed by atoms with van der Waals surface area (Å²) < 4.78 is 26.5. The van der Waals surface area contributed by atoms with Gasteiger partial charge in [-0.05, 0) is 37.3 Å². The Morgan fingerprint density at radius 1 is 1.03 bits per heavy atom. The SMILES string of the molecule is CC1=Nc2ccnn2C(c2cccc3c2OCO3)C1C(=O)N1CCN(c2ccc(F)cc2)CC1. The van der Waals surface area contributed by atoms with Crippen LogP contribution in [0.1, 0.15) is 18.5 Å². The van der Waals surface area contributed by atoms with Crippen molar-refractivity contribution in [2.75, 3.05) is 37.9 Å². The summed E-state index contributed by atoms with van der Waals surface area (Å²) in [5.74, 6) is 1.29. The second-order valence-corrected chi connectivity index (χ2v) is 8.68. The minimum Gasteiger partial charge on any atom is -0.454 e. The third-order valence-electron chi connectivity index (χ3n) is 6.76. The van der Waals surface area contributed by atoms with Crippen LogP contribution < -0.4 is 14.4 Å². The van der Waals surface area contributed by atoms with Crippen LogP contribution in [0.25, 0.3) is 0 Å². The van der Waals surface area contributed by atoms with Gasteiger partial charge in [0.05, 0.1) is 12.2 Å². The lowest BCUT2D eigenvalue weighted by molar-refractivity contribution is -0.134. The van der Waals surface area contributed by atoms with Gasteiger partial charge in [-0.3, -0.25) is 4.79 Å². The van der Waals surface area contributed by atoms with Crippen LogP contribution in [-0.2, 0) is 4.79 Å². The van der Waals surface area contributed by atoms with E-state index in [9.17, 15) is 9.18 Å². The molecule has 6 rings (SSSR count). The van der Waals surface area contributed by atoms with Crippen molar-refractivity contribution < 1.29 is 18.7 Å². The average Bonchev–Trinajstić information content (AvgIpc) is 3.53. The van der Waals surface area contributed by atoms with Crippen molar-refractivity contribution >= 4 is 23.1 Å². The van der Waals surface area contributed by atoms with Gasteiger partial charge < -0.3 is 19.3 Å². The number of fused-ring (bicyclic) bond motifs is 2. The molecule has 2 aromatic carbocycles. The number of aromatic nitrogens is 2. The summed E-state index contributed by atoms with van der Waals surface area (Å²) in [5, 5.41) is 4.51. The lowest BCUT2D eigenvalue weighted by Crippen LogP contribution is -2.53. The molecule has 2 atom stereocenters. The largest absolute Gasteiger partial charge is 0.454 e. The molecule has 2 unspecified atom stereocenters. The zero-order chi connectivity index (χ0) is 23.2. The average molecular weight is 461 g/mol. The molecule has 0 bridgehead atoms. The van der Waals surface area contributed by atoms with Crippen LogP contribution in [0.5, 0.6) is 11.5 Å². The number of ether oxygens (including phenoxy) is 2. The van der Waals surface area contributed by atoms with E-state index in [0.29, 0.717) is 43.5 Å². The number of amides is 1. The normalized spacial score (nSPS) is 21.3. The summed E-state index contributed by atoms with van der Waals surface area (Å²) in [5.41, 5.74) is 2.57. The fourth-order valence-electron chi connectivity index (χ4n) is 5.07. The number of carbonyl (C=O) groups excluding carboxylic acids is 1. The highest BCUT2D eigenvalue weighted by atomic mass is 19.1. The fraction of sp³-hybridized carbons (Fsp3) is 0.320. The molecular weight excluding hydrogens is 437 g/mol. The minimum atomic E-state index is -0.513. The second-order valence-electron chi connectivity index (χ2n) is 8.68. The molecule has 1 aromatic heterocycles. The Labute approximate surface area is 196 Å². The molecular formula is C25H24FN5O3. The van der Waals surface area contributed by atoms with E-state index in [0.717, 1.165) is 17.0 Å². The van der Waals surface area contributed by atoms with E-state index in [4.69, 9.17) is 14.5 Å². The quantitative estimate of drug-likeness (QED) is 0.598. The molecule has 8 nitrogen and oxygen atoms in total. The van der Waals surface area contributed by atoms with Crippen molar-refractivity contribution in [3.63, 3.8) is 0 Å². The van der Waals surface area contributed by atoms with Gasteiger partial charge >= 0.3 is 0 Å². The lowest BCUT2D eigenvalue weighted by atomic mass is 9.86. The van der Waals surface area contributed by atoms with Gasteiger partial charge in [0.2, 0.25) is 12.7 Å². The van der Waals surface area contributed by atoms with Crippen LogP contribution >= 0.6 is 0 Å². The highest BCUT2D eigenvalue weighted by Crippen LogP contribution is 2.45. The van der Waals surface area contributed by atoms with Crippen LogP contribution in [-0.4, -0.2) is 59.3 Å². The minimum absolute atomic E-state index is 0.0164. The number of rotatable bonds is 3. The predicted molar refractivity (Wildman–Crippen MR) is 124 cm³/mol. The van der Waals surface area contributed by atoms with Crippen molar-refractivity contribution in [2.24, 2.45) is 10.9 Å². The van der Waals surface area contributed by atoms with Gasteiger partial charge in [-0.15, -0.1) is 0 Å². The highest BCUT2D eigenvalue weighted by Gasteiger charge is 2.42. The molecule has 0 saturated carbocycles. The van der Waals surface area contributed by atoms with Crippen LogP contribution in [0.15, 0.2) is 59.7 Å². The maximum atomic E-state index is 13.9. The maximum absolute atomic E-state index is 13.9. The molecule has 1 saturated heterocycles. The Hall–Kier alpha value is -3.88. The van der Waals surface area contributed by atoms with Crippen LogP contribution in [0.4, 0.5) is 15.9 Å². The lowest BCUT2D eigenvalue weighted by Gasteiger charge is -2.40. The van der Waals surface area contributed by atoms with Crippen LogP contribution in [0, 0.1) is 11.7 Å². The Morgan fingerprint density at radius 2 is 1.82 bits per heavy atom. The number of anilines is 1. The van der Waals surface area contributed by atoms with Gasteiger partial charge in [0.1, 0.15) is 11.7 Å². The van der Waals surface area contributed by atoms with Gasteiger partial charge in [-0.25, -0.2) is 14.1 Å². The van der Waals surface area contributed by atoms with E-state index in [-0.39, 0.29) is 24.6 Å². The van der Waals surface area contributed by atoms with E-state index < -0.39 is 5.92 Å². The first-order chi connectivity index (χ1) is 16.6. The van der Waals surface area contributed by atoms with Crippen LogP contribution in [0.2, 0.25) is 0 Å². The first-order valence-electron chi connectivity index (χ1n) is 11.4. The topological polar surface area (TPSA) is 72.2 Å². The summed E-state index contributed by atoms with van der Waals surface area (Å²) in [4.78, 5) is 22.7. The molecule has 0 radical (unpaired) electrons. The Kier molecular flexibility index (Phi) is 4.97. The summed E-state index contributed by atoms with van der Waals surface area (Å²) >= 11 is 0. The zero-order valence-corrected chi connectivity index (χ0v) is 18.7. The van der Waals surface area contributed by atoms with Crippen molar-refractivity contribution in [1.82, 2.24) is 14.7 Å². The van der Waals surface area contributed by atoms with Crippen molar-refractivity contribution in [1.29, 1.82) is 0 Å². The van der Waals surface area contributed by atoms with Crippen molar-refractivity contribution in [3.8, 4) is 11.5 Å². The molecule has 174 valence electrons. The van der Waals surface area contributed by atoms with E-state index >= 15 is 0 Å². The van der Waals surface area contributed by atoms with E-state index in [1.165, 1.54) is 12.1 Å². The van der Waals surface area contributed by atoms with Crippen LogP contribution in [0.3, 0.4) is 0 Å². The van der Waals surface area contributed by atoms with Gasteiger partial charge in [0, 0.05) is 49.2 Å². The summed E-state index contributed by atoms with van der Waals surface area (Å²) in [6, 6.07) is 13.7. The van der Waals surface area contributed by atoms with E-state index in [1.54, 1.807) is 18.3 Å². The third kappa shape index (κ3) is 3.39. The van der Waals surface area contributed by atoms with Crippen molar-refractivity contribution in [3.05, 3.63) is 66.1 Å². The third-order valence-corrected chi connectivity index (χ3v) is 6.76. The number of benzene rings is 2. The smallest absolute Gasteiger partial charge is 0.234 e. The molecule has 3 aromatic rings. The molecule has 1 fully saturated rings. The number of hydrogen-bond donors (Lipinski definition) is 0. The van der Waals surface area contributed by atoms with Gasteiger partial charge in [-0.2, -0.15) is 5.10 Å². The second kappa shape index (κ2) is 8.16. The summed E-state index contributed by atoms with van der Waals surface area (Å²) in [6.07, 6.45) is 1.70. The number of aliphatic imine (C=N–C) groups is 1. The standard InChI is InChI=1S/C25H24FN5O3/c1-16-22(25(32)30-13-11-29(12-14-30)18-7-5-17(26)6-8-18)23(31-21(28-16)9-10-27-31)19-3-2-4-20-24(19)34-15-33-20/h2-10,22-23H,11-15H2,1H3. The molecule has 3 aliphatic heterocycles. The zero-order valence-electron chi connectivity index (χ0n) is 18.7. The summed E-state index contributed by atoms with van der Waals surface area (Å²) in [6.45, 7) is 4.56. The number of piperazine rings is 1. The molecule has 0 aliphatic carbocycles. The highest BCUT2D eigenvalue weighted by molar-refractivity contribution is 6.05. The number of hydrogen-bond acceptors (Lipinski definition) is 6.